The molecule has 2 rings (SSSR count). The van der Waals surface area contributed by atoms with Gasteiger partial charge in [0.15, 0.2) is 0 Å². The van der Waals surface area contributed by atoms with E-state index in [-0.39, 0.29) is 17.9 Å². The minimum absolute atomic E-state index is 0.0535. The van der Waals surface area contributed by atoms with E-state index in [1.165, 1.54) is 23.1 Å². The molecule has 0 aliphatic heterocycles. The van der Waals surface area contributed by atoms with Crippen LogP contribution >= 0.6 is 0 Å². The summed E-state index contributed by atoms with van der Waals surface area (Å²) in [6.07, 6.45) is 4.42. The van der Waals surface area contributed by atoms with Crippen molar-refractivity contribution in [3.63, 3.8) is 0 Å². The molecule has 21 heavy (non-hydrogen) atoms. The Morgan fingerprint density at radius 1 is 1.33 bits per heavy atom. The molecule has 0 heterocycles. The standard InChI is InChI=1S/C18H28N2O/c1-12-8-9-13(2)17(10-12)14(3)20-18(21)16-7-5-4-6-15(16)11-19/h8-10,14-16H,4-7,11,19H2,1-3H3,(H,20,21). The molecule has 1 aromatic rings. The van der Waals surface area contributed by atoms with Crippen LogP contribution in [0, 0.1) is 25.7 Å². The van der Waals surface area contributed by atoms with E-state index in [0.29, 0.717) is 12.5 Å². The average Bonchev–Trinajstić information content (AvgIpc) is 2.49. The van der Waals surface area contributed by atoms with Crippen molar-refractivity contribution in [2.24, 2.45) is 17.6 Å². The molecule has 3 nitrogen and oxygen atoms in total. The quantitative estimate of drug-likeness (QED) is 0.893. The summed E-state index contributed by atoms with van der Waals surface area (Å²) in [5.41, 5.74) is 9.51. The van der Waals surface area contributed by atoms with E-state index in [2.05, 4.69) is 44.3 Å². The predicted molar refractivity (Wildman–Crippen MR) is 87.0 cm³/mol. The predicted octanol–water partition coefficient (Wildman–Crippen LogP) is 3.25. The summed E-state index contributed by atoms with van der Waals surface area (Å²) in [5.74, 6) is 0.624. The highest BCUT2D eigenvalue weighted by Gasteiger charge is 2.30. The molecule has 0 radical (unpaired) electrons. The minimum Gasteiger partial charge on any atom is -0.349 e. The monoisotopic (exact) mass is 288 g/mol. The summed E-state index contributed by atoms with van der Waals surface area (Å²) in [5, 5.41) is 3.20. The molecule has 1 saturated carbocycles. The highest BCUT2D eigenvalue weighted by atomic mass is 16.1. The largest absolute Gasteiger partial charge is 0.349 e. The second kappa shape index (κ2) is 7.08. The maximum Gasteiger partial charge on any atom is 0.223 e. The number of aryl methyl sites for hydroxylation is 2. The molecule has 116 valence electrons. The third kappa shape index (κ3) is 3.85. The van der Waals surface area contributed by atoms with Gasteiger partial charge >= 0.3 is 0 Å². The molecular weight excluding hydrogens is 260 g/mol. The Labute approximate surface area is 128 Å². The molecule has 0 aromatic heterocycles. The van der Waals surface area contributed by atoms with Gasteiger partial charge in [-0.2, -0.15) is 0 Å². The molecule has 3 atom stereocenters. The maximum atomic E-state index is 12.6. The van der Waals surface area contributed by atoms with Crippen LogP contribution in [0.5, 0.6) is 0 Å². The Hall–Kier alpha value is -1.35. The SMILES string of the molecule is Cc1ccc(C)c(C(C)NC(=O)C2CCCCC2CN)c1. The summed E-state index contributed by atoms with van der Waals surface area (Å²) in [6.45, 7) is 6.87. The summed E-state index contributed by atoms with van der Waals surface area (Å²) < 4.78 is 0. The number of hydrogen-bond donors (Lipinski definition) is 2. The lowest BCUT2D eigenvalue weighted by atomic mass is 9.78. The van der Waals surface area contributed by atoms with Gasteiger partial charge in [0.1, 0.15) is 0 Å². The number of rotatable bonds is 4. The van der Waals surface area contributed by atoms with Crippen molar-refractivity contribution >= 4 is 5.91 Å². The number of nitrogens with one attached hydrogen (secondary N) is 1. The Kier molecular flexibility index (Phi) is 5.40. The topological polar surface area (TPSA) is 55.1 Å². The van der Waals surface area contributed by atoms with Crippen LogP contribution in [-0.4, -0.2) is 12.5 Å². The number of carbonyl (C=O) groups excluding carboxylic acids is 1. The van der Waals surface area contributed by atoms with E-state index in [1.807, 2.05) is 0 Å². The summed E-state index contributed by atoms with van der Waals surface area (Å²) in [4.78, 5) is 12.6. The molecule has 1 aliphatic rings. The van der Waals surface area contributed by atoms with Crippen LogP contribution in [0.4, 0.5) is 0 Å². The van der Waals surface area contributed by atoms with Crippen LogP contribution < -0.4 is 11.1 Å². The summed E-state index contributed by atoms with van der Waals surface area (Å²) in [7, 11) is 0. The van der Waals surface area contributed by atoms with Crippen LogP contribution in [-0.2, 0) is 4.79 Å². The molecule has 1 amide bonds. The van der Waals surface area contributed by atoms with Crippen molar-refractivity contribution < 1.29 is 4.79 Å². The average molecular weight is 288 g/mol. The second-order valence-corrected chi connectivity index (χ2v) is 6.48. The molecule has 3 heteroatoms. The van der Waals surface area contributed by atoms with Gasteiger partial charge in [0.2, 0.25) is 5.91 Å². The van der Waals surface area contributed by atoms with Crippen LogP contribution in [0.3, 0.4) is 0 Å². The highest BCUT2D eigenvalue weighted by Crippen LogP contribution is 2.30. The lowest BCUT2D eigenvalue weighted by molar-refractivity contribution is -0.128. The molecule has 3 unspecified atom stereocenters. The van der Waals surface area contributed by atoms with Gasteiger partial charge in [0.05, 0.1) is 6.04 Å². The van der Waals surface area contributed by atoms with E-state index in [4.69, 9.17) is 5.73 Å². The maximum absolute atomic E-state index is 12.6. The van der Waals surface area contributed by atoms with Crippen molar-refractivity contribution in [1.29, 1.82) is 0 Å². The van der Waals surface area contributed by atoms with Crippen LogP contribution in [0.1, 0.15) is 55.3 Å². The van der Waals surface area contributed by atoms with Crippen molar-refractivity contribution in [2.75, 3.05) is 6.54 Å². The Morgan fingerprint density at radius 3 is 2.76 bits per heavy atom. The van der Waals surface area contributed by atoms with Crippen molar-refractivity contribution in [2.45, 2.75) is 52.5 Å². The zero-order valence-corrected chi connectivity index (χ0v) is 13.5. The smallest absolute Gasteiger partial charge is 0.223 e. The molecule has 0 spiro atoms. The number of carbonyl (C=O) groups is 1. The van der Waals surface area contributed by atoms with Gasteiger partial charge in [-0.15, -0.1) is 0 Å². The lowest BCUT2D eigenvalue weighted by Gasteiger charge is -2.31. The molecule has 3 N–H and O–H groups in total. The minimum atomic E-state index is 0.0535. The van der Waals surface area contributed by atoms with Gasteiger partial charge in [0, 0.05) is 5.92 Å². The van der Waals surface area contributed by atoms with E-state index in [1.54, 1.807) is 0 Å². The summed E-state index contributed by atoms with van der Waals surface area (Å²) >= 11 is 0. The highest BCUT2D eigenvalue weighted by molar-refractivity contribution is 5.79. The Morgan fingerprint density at radius 2 is 2.05 bits per heavy atom. The number of nitrogens with two attached hydrogens (primary N) is 1. The number of hydrogen-bond acceptors (Lipinski definition) is 2. The first kappa shape index (κ1) is 16.0. The first-order chi connectivity index (χ1) is 10.0. The molecule has 1 aliphatic carbocycles. The Bertz CT molecular complexity index is 498. The zero-order chi connectivity index (χ0) is 15.4. The fraction of sp³-hybridized carbons (Fsp3) is 0.611. The molecule has 1 aromatic carbocycles. The van der Waals surface area contributed by atoms with E-state index >= 15 is 0 Å². The molecular formula is C18H28N2O. The van der Waals surface area contributed by atoms with Gasteiger partial charge in [-0.3, -0.25) is 4.79 Å². The Balaban J connectivity index is 2.06. The van der Waals surface area contributed by atoms with Crippen LogP contribution in [0.15, 0.2) is 18.2 Å². The first-order valence-electron chi connectivity index (χ1n) is 8.10. The van der Waals surface area contributed by atoms with Crippen molar-refractivity contribution in [3.8, 4) is 0 Å². The fourth-order valence-electron chi connectivity index (χ4n) is 3.46. The van der Waals surface area contributed by atoms with Gasteiger partial charge in [-0.1, -0.05) is 36.6 Å². The van der Waals surface area contributed by atoms with Crippen molar-refractivity contribution in [3.05, 3.63) is 34.9 Å². The molecule has 0 bridgehead atoms. The van der Waals surface area contributed by atoms with Crippen LogP contribution in [0.2, 0.25) is 0 Å². The summed E-state index contributed by atoms with van der Waals surface area (Å²) in [6, 6.07) is 6.45. The lowest BCUT2D eigenvalue weighted by Crippen LogP contribution is -2.40. The molecule has 0 saturated heterocycles. The first-order valence-corrected chi connectivity index (χ1v) is 8.10. The van der Waals surface area contributed by atoms with Crippen LogP contribution in [0.25, 0.3) is 0 Å². The second-order valence-electron chi connectivity index (χ2n) is 6.48. The number of benzene rings is 1. The van der Waals surface area contributed by atoms with Gasteiger partial charge < -0.3 is 11.1 Å². The molecule has 1 fully saturated rings. The van der Waals surface area contributed by atoms with Gasteiger partial charge in [0.25, 0.3) is 0 Å². The van der Waals surface area contributed by atoms with E-state index < -0.39 is 0 Å². The van der Waals surface area contributed by atoms with Gasteiger partial charge in [-0.25, -0.2) is 0 Å². The normalized spacial score (nSPS) is 23.6. The third-order valence-electron chi connectivity index (χ3n) is 4.81. The number of amides is 1. The third-order valence-corrected chi connectivity index (χ3v) is 4.81. The fourth-order valence-corrected chi connectivity index (χ4v) is 3.46. The van der Waals surface area contributed by atoms with E-state index in [0.717, 1.165) is 19.3 Å². The van der Waals surface area contributed by atoms with Crippen molar-refractivity contribution in [1.82, 2.24) is 5.32 Å². The van der Waals surface area contributed by atoms with Gasteiger partial charge in [-0.05, 0) is 57.2 Å². The van der Waals surface area contributed by atoms with E-state index in [9.17, 15) is 4.79 Å². The zero-order valence-electron chi connectivity index (χ0n) is 13.5.